The van der Waals surface area contributed by atoms with Crippen molar-refractivity contribution in [3.8, 4) is 0 Å². The number of benzene rings is 2. The van der Waals surface area contributed by atoms with Gasteiger partial charge in [-0.25, -0.2) is 13.7 Å². The molecule has 29 heavy (non-hydrogen) atoms. The van der Waals surface area contributed by atoms with Gasteiger partial charge in [0.2, 0.25) is 11.8 Å². The number of rotatable bonds is 3. The van der Waals surface area contributed by atoms with Crippen LogP contribution >= 0.6 is 19.2 Å². The summed E-state index contributed by atoms with van der Waals surface area (Å²) in [5, 5.41) is -2.70. The van der Waals surface area contributed by atoms with Gasteiger partial charge in [-0.2, -0.15) is 0 Å². The number of imide groups is 1. The molecule has 2 amide bonds. The molecule has 1 fully saturated rings. The third-order valence-corrected chi connectivity index (χ3v) is 6.92. The van der Waals surface area contributed by atoms with Gasteiger partial charge in [-0.05, 0) is 35.9 Å². The van der Waals surface area contributed by atoms with Gasteiger partial charge in [0.05, 0.1) is 22.5 Å². The highest BCUT2D eigenvalue weighted by molar-refractivity contribution is 7.53. The lowest BCUT2D eigenvalue weighted by Gasteiger charge is -2.32. The molecule has 2 N–H and O–H groups in total. The zero-order valence-electron chi connectivity index (χ0n) is 14.4. The van der Waals surface area contributed by atoms with Gasteiger partial charge in [-0.1, -0.05) is 23.7 Å². The van der Waals surface area contributed by atoms with Gasteiger partial charge in [0.1, 0.15) is 11.6 Å². The Bertz CT molecular complexity index is 1120. The number of carbonyl (C=O) groups is 2. The summed E-state index contributed by atoms with van der Waals surface area (Å²) in [5.74, 6) is -5.90. The summed E-state index contributed by atoms with van der Waals surface area (Å²) in [5.41, 5.74) is -0.135. The van der Waals surface area contributed by atoms with E-state index in [9.17, 15) is 32.7 Å². The average molecular weight is 441 g/mol. The topological polar surface area (TPSA) is 107 Å². The maximum Gasteiger partial charge on any atom is 0.358 e. The Hall–Kier alpha value is -2.45. The van der Waals surface area contributed by atoms with Crippen LogP contribution in [0.3, 0.4) is 0 Å². The van der Waals surface area contributed by atoms with E-state index in [4.69, 9.17) is 11.6 Å². The molecule has 2 aliphatic heterocycles. The molecule has 1 saturated heterocycles. The first kappa shape index (κ1) is 19.8. The van der Waals surface area contributed by atoms with Crippen molar-refractivity contribution in [3.05, 3.63) is 64.7 Å². The Labute approximate surface area is 167 Å². The van der Waals surface area contributed by atoms with Crippen LogP contribution in [-0.2, 0) is 19.4 Å². The molecule has 11 heteroatoms. The van der Waals surface area contributed by atoms with E-state index >= 15 is 0 Å². The summed E-state index contributed by atoms with van der Waals surface area (Å²) in [7, 11) is -5.16. The van der Waals surface area contributed by atoms with E-state index in [1.807, 2.05) is 0 Å². The van der Waals surface area contributed by atoms with Crippen LogP contribution in [0.15, 0.2) is 47.5 Å². The number of amides is 2. The molecule has 2 aromatic carbocycles. The van der Waals surface area contributed by atoms with E-state index in [1.165, 1.54) is 0 Å². The first-order chi connectivity index (χ1) is 13.6. The highest BCUT2D eigenvalue weighted by Crippen LogP contribution is 2.66. The molecule has 150 valence electrons. The van der Waals surface area contributed by atoms with Gasteiger partial charge in [0, 0.05) is 6.21 Å². The third kappa shape index (κ3) is 2.77. The summed E-state index contributed by atoms with van der Waals surface area (Å²) in [6.45, 7) is 0. The predicted octanol–water partition coefficient (Wildman–Crippen LogP) is 2.84. The molecule has 3 atom stereocenters. The average Bonchev–Trinajstić information content (AvgIpc) is 3.16. The van der Waals surface area contributed by atoms with Crippen LogP contribution in [0.2, 0.25) is 5.02 Å². The third-order valence-electron chi connectivity index (χ3n) is 5.09. The monoisotopic (exact) mass is 440 g/mol. The molecule has 7 nitrogen and oxygen atoms in total. The Morgan fingerprint density at radius 1 is 1.07 bits per heavy atom. The summed E-state index contributed by atoms with van der Waals surface area (Å²) in [6, 6.07) is 7.39. The summed E-state index contributed by atoms with van der Waals surface area (Å²) in [4.78, 5) is 50.9. The van der Waals surface area contributed by atoms with Crippen molar-refractivity contribution in [2.24, 2.45) is 16.8 Å². The van der Waals surface area contributed by atoms with Crippen LogP contribution in [0.4, 0.5) is 14.5 Å². The fourth-order valence-corrected chi connectivity index (χ4v) is 5.30. The molecule has 2 heterocycles. The molecule has 3 unspecified atom stereocenters. The van der Waals surface area contributed by atoms with E-state index < -0.39 is 48.2 Å². The molecule has 4 rings (SSSR count). The van der Waals surface area contributed by atoms with Crippen molar-refractivity contribution in [3.63, 3.8) is 0 Å². The lowest BCUT2D eigenvalue weighted by Crippen LogP contribution is -2.39. The highest BCUT2D eigenvalue weighted by Gasteiger charge is 2.68. The largest absolute Gasteiger partial charge is 0.358 e. The Kier molecular flexibility index (Phi) is 4.47. The van der Waals surface area contributed by atoms with E-state index in [2.05, 4.69) is 4.99 Å². The van der Waals surface area contributed by atoms with Gasteiger partial charge in [-0.3, -0.25) is 19.1 Å². The van der Waals surface area contributed by atoms with Gasteiger partial charge in [-0.15, -0.1) is 0 Å². The van der Waals surface area contributed by atoms with Crippen LogP contribution in [0.25, 0.3) is 0 Å². The van der Waals surface area contributed by atoms with Crippen molar-refractivity contribution in [2.75, 3.05) is 4.90 Å². The fraction of sp³-hybridized carbons (Fsp3) is 0.167. The maximum atomic E-state index is 13.5. The van der Waals surface area contributed by atoms with Gasteiger partial charge in [0.15, 0.2) is 5.28 Å². The highest BCUT2D eigenvalue weighted by atomic mass is 35.5. The minimum Gasteiger partial charge on any atom is -0.322 e. The second kappa shape index (κ2) is 6.53. The Balaban J connectivity index is 1.87. The number of hydrogen-bond donors (Lipinski definition) is 2. The van der Waals surface area contributed by atoms with Crippen molar-refractivity contribution in [2.45, 2.75) is 5.28 Å². The number of nitrogens with zero attached hydrogens (tertiary/aromatic N) is 2. The molecule has 0 saturated carbocycles. The predicted molar refractivity (Wildman–Crippen MR) is 99.5 cm³/mol. The number of carbonyl (C=O) groups excluding carboxylic acids is 2. The Morgan fingerprint density at radius 2 is 1.72 bits per heavy atom. The Morgan fingerprint density at radius 3 is 2.31 bits per heavy atom. The van der Waals surface area contributed by atoms with Crippen LogP contribution in [0.5, 0.6) is 0 Å². The van der Waals surface area contributed by atoms with Crippen molar-refractivity contribution in [1.82, 2.24) is 0 Å². The second-order valence-corrected chi connectivity index (χ2v) is 8.85. The minimum atomic E-state index is -5.16. The zero-order valence-corrected chi connectivity index (χ0v) is 16.0. The zero-order chi connectivity index (χ0) is 21.1. The van der Waals surface area contributed by atoms with Crippen LogP contribution in [0, 0.1) is 23.5 Å². The molecule has 0 aromatic heterocycles. The van der Waals surface area contributed by atoms with E-state index in [0.29, 0.717) is 4.90 Å². The van der Waals surface area contributed by atoms with E-state index in [-0.39, 0.29) is 16.3 Å². The first-order valence-electron chi connectivity index (χ1n) is 8.28. The summed E-state index contributed by atoms with van der Waals surface area (Å²) in [6.07, 6.45) is 1.03. The summed E-state index contributed by atoms with van der Waals surface area (Å²) < 4.78 is 39.3. The van der Waals surface area contributed by atoms with Gasteiger partial charge >= 0.3 is 7.60 Å². The number of hydrogen-bond acceptors (Lipinski definition) is 4. The van der Waals surface area contributed by atoms with Crippen LogP contribution in [-0.4, -0.2) is 27.8 Å². The maximum absolute atomic E-state index is 13.5. The number of anilines is 1. The lowest BCUT2D eigenvalue weighted by atomic mass is 9.87. The molecular formula is C18H12ClF2N2O5P. The standard InChI is InChI=1S/C18H12ClF2N2O5P/c19-13-7-11(5-6-14(13)21)23-16(24)12-8-22-18(29(26,27)28,15(12)17(23)25)9-1-3-10(20)4-2-9/h1-8,12,15H,(H2,26,27,28). The van der Waals surface area contributed by atoms with Crippen molar-refractivity contribution < 1.29 is 32.7 Å². The molecule has 2 aliphatic rings. The first-order valence-corrected chi connectivity index (χ1v) is 10.3. The fourth-order valence-electron chi connectivity index (χ4n) is 3.79. The van der Waals surface area contributed by atoms with Gasteiger partial charge < -0.3 is 9.79 Å². The molecular weight excluding hydrogens is 429 g/mol. The van der Waals surface area contributed by atoms with E-state index in [0.717, 1.165) is 48.7 Å². The molecule has 0 spiro atoms. The van der Waals surface area contributed by atoms with Crippen molar-refractivity contribution >= 4 is 42.9 Å². The van der Waals surface area contributed by atoms with Crippen molar-refractivity contribution in [1.29, 1.82) is 0 Å². The van der Waals surface area contributed by atoms with Gasteiger partial charge in [0.25, 0.3) is 0 Å². The number of aliphatic imine (C=N–C) groups is 1. The molecule has 2 aromatic rings. The molecule has 0 radical (unpaired) electrons. The lowest BCUT2D eigenvalue weighted by molar-refractivity contribution is -0.123. The quantitative estimate of drug-likeness (QED) is 0.564. The number of halogens is 3. The van der Waals surface area contributed by atoms with E-state index in [1.54, 1.807) is 0 Å². The molecule has 0 aliphatic carbocycles. The smallest absolute Gasteiger partial charge is 0.322 e. The second-order valence-electron chi connectivity index (χ2n) is 6.67. The van der Waals surface area contributed by atoms with Crippen LogP contribution in [0.1, 0.15) is 5.56 Å². The molecule has 0 bridgehead atoms. The normalized spacial score (nSPS) is 26.3. The minimum absolute atomic E-state index is 0.0343. The van der Waals surface area contributed by atoms with Crippen LogP contribution < -0.4 is 4.90 Å². The summed E-state index contributed by atoms with van der Waals surface area (Å²) >= 11 is 5.74. The number of fused-ring (bicyclic) bond motifs is 1. The SMILES string of the molecule is O=C1C2C=NC(c3ccc(F)cc3)(P(=O)(O)O)C2C(=O)N1c1ccc(F)c(Cl)c1.